The standard InChI is InChI=1S/C14H17N3O2/c1-16-7-8-17(11-16)6-5-15-10-12-3-4-13(18)14(9-12)19-2/h3-4,7-11H,5-6H2,1-2H3/p+1. The van der Waals surface area contributed by atoms with Crippen LogP contribution in [0.1, 0.15) is 5.56 Å². The Hall–Kier alpha value is -2.30. The number of hydrogen-bond acceptors (Lipinski definition) is 3. The van der Waals surface area contributed by atoms with Gasteiger partial charge in [0.2, 0.25) is 6.33 Å². The van der Waals surface area contributed by atoms with Crippen molar-refractivity contribution in [2.75, 3.05) is 13.7 Å². The van der Waals surface area contributed by atoms with Crippen LogP contribution in [0.3, 0.4) is 0 Å². The topological polar surface area (TPSA) is 50.6 Å². The molecule has 0 fully saturated rings. The van der Waals surface area contributed by atoms with Gasteiger partial charge in [0.25, 0.3) is 0 Å². The smallest absolute Gasteiger partial charge is 0.243 e. The largest absolute Gasteiger partial charge is 0.504 e. The van der Waals surface area contributed by atoms with Crippen molar-refractivity contribution < 1.29 is 14.4 Å². The van der Waals surface area contributed by atoms with Crippen molar-refractivity contribution >= 4 is 6.21 Å². The Morgan fingerprint density at radius 3 is 3.00 bits per heavy atom. The van der Waals surface area contributed by atoms with Gasteiger partial charge in [-0.05, 0) is 23.8 Å². The van der Waals surface area contributed by atoms with E-state index >= 15 is 0 Å². The number of aromatic hydroxyl groups is 1. The van der Waals surface area contributed by atoms with E-state index in [1.54, 1.807) is 24.4 Å². The van der Waals surface area contributed by atoms with Crippen LogP contribution < -0.4 is 9.30 Å². The molecular formula is C14H18N3O2+. The van der Waals surface area contributed by atoms with Crippen LogP contribution in [0.5, 0.6) is 11.5 Å². The van der Waals surface area contributed by atoms with Crippen LogP contribution in [-0.2, 0) is 13.6 Å². The van der Waals surface area contributed by atoms with Gasteiger partial charge < -0.3 is 9.84 Å². The van der Waals surface area contributed by atoms with E-state index in [2.05, 4.69) is 9.56 Å². The van der Waals surface area contributed by atoms with E-state index in [9.17, 15) is 5.11 Å². The van der Waals surface area contributed by atoms with E-state index in [0.717, 1.165) is 12.1 Å². The maximum absolute atomic E-state index is 9.48. The van der Waals surface area contributed by atoms with Gasteiger partial charge in [-0.15, -0.1) is 0 Å². The first kappa shape index (κ1) is 13.1. The third kappa shape index (κ3) is 3.58. The monoisotopic (exact) mass is 260 g/mol. The molecule has 0 amide bonds. The van der Waals surface area contributed by atoms with Gasteiger partial charge in [0.05, 0.1) is 20.7 Å². The summed E-state index contributed by atoms with van der Waals surface area (Å²) in [6.07, 6.45) is 7.80. The van der Waals surface area contributed by atoms with Gasteiger partial charge in [0.1, 0.15) is 18.9 Å². The zero-order valence-electron chi connectivity index (χ0n) is 11.2. The van der Waals surface area contributed by atoms with E-state index in [-0.39, 0.29) is 5.75 Å². The molecule has 0 atom stereocenters. The number of benzene rings is 1. The van der Waals surface area contributed by atoms with Gasteiger partial charge in [-0.25, -0.2) is 9.13 Å². The molecular weight excluding hydrogens is 242 g/mol. The molecule has 1 aromatic heterocycles. The third-order valence-electron chi connectivity index (χ3n) is 2.76. The Labute approximate surface area is 112 Å². The number of methoxy groups -OCH3 is 1. The van der Waals surface area contributed by atoms with E-state index in [1.165, 1.54) is 7.11 Å². The fourth-order valence-corrected chi connectivity index (χ4v) is 1.75. The molecule has 5 nitrogen and oxygen atoms in total. The number of imidazole rings is 1. The number of hydrogen-bond donors (Lipinski definition) is 1. The zero-order valence-corrected chi connectivity index (χ0v) is 11.2. The van der Waals surface area contributed by atoms with Gasteiger partial charge in [-0.1, -0.05) is 0 Å². The summed E-state index contributed by atoms with van der Waals surface area (Å²) in [5.41, 5.74) is 0.910. The Bertz CT molecular complexity index is 576. The number of phenols is 1. The van der Waals surface area contributed by atoms with Crippen LogP contribution in [0, 0.1) is 0 Å². The number of aryl methyl sites for hydroxylation is 1. The maximum Gasteiger partial charge on any atom is 0.243 e. The zero-order chi connectivity index (χ0) is 13.7. The first-order valence-electron chi connectivity index (χ1n) is 6.07. The molecule has 19 heavy (non-hydrogen) atoms. The molecule has 5 heteroatoms. The van der Waals surface area contributed by atoms with E-state index in [0.29, 0.717) is 12.3 Å². The van der Waals surface area contributed by atoms with Crippen LogP contribution in [-0.4, -0.2) is 29.5 Å². The number of rotatable bonds is 5. The third-order valence-corrected chi connectivity index (χ3v) is 2.76. The Morgan fingerprint density at radius 1 is 1.47 bits per heavy atom. The molecule has 0 aliphatic rings. The summed E-state index contributed by atoms with van der Waals surface area (Å²) in [4.78, 5) is 4.36. The Kier molecular flexibility index (Phi) is 4.18. The van der Waals surface area contributed by atoms with Gasteiger partial charge in [-0.2, -0.15) is 0 Å². The van der Waals surface area contributed by atoms with Gasteiger partial charge in [0, 0.05) is 6.21 Å². The molecule has 100 valence electrons. The molecule has 0 radical (unpaired) electrons. The number of aliphatic imine (C=N–C) groups is 1. The van der Waals surface area contributed by atoms with Crippen LogP contribution >= 0.6 is 0 Å². The summed E-state index contributed by atoms with van der Waals surface area (Å²) in [5, 5.41) is 9.48. The summed E-state index contributed by atoms with van der Waals surface area (Å²) < 4.78 is 9.12. The van der Waals surface area contributed by atoms with E-state index in [4.69, 9.17) is 4.74 Å². The Balaban J connectivity index is 1.92. The molecule has 0 saturated heterocycles. The second-order valence-corrected chi connectivity index (χ2v) is 4.28. The molecule has 0 aliphatic heterocycles. The molecule has 0 aliphatic carbocycles. The maximum atomic E-state index is 9.48. The second kappa shape index (κ2) is 6.04. The van der Waals surface area contributed by atoms with Crippen molar-refractivity contribution in [2.45, 2.75) is 6.54 Å². The lowest BCUT2D eigenvalue weighted by atomic mass is 10.2. The summed E-state index contributed by atoms with van der Waals surface area (Å²) in [6.45, 7) is 1.55. The molecule has 1 heterocycles. The van der Waals surface area contributed by atoms with Crippen molar-refractivity contribution in [3.8, 4) is 11.5 Å². The highest BCUT2D eigenvalue weighted by atomic mass is 16.5. The second-order valence-electron chi connectivity index (χ2n) is 4.28. The number of aromatic nitrogens is 2. The van der Waals surface area contributed by atoms with Gasteiger partial charge >= 0.3 is 0 Å². The average molecular weight is 260 g/mol. The lowest BCUT2D eigenvalue weighted by Gasteiger charge is -2.03. The average Bonchev–Trinajstić information content (AvgIpc) is 2.82. The molecule has 1 aromatic carbocycles. The normalized spacial score (nSPS) is 11.1. The number of ether oxygens (including phenoxy) is 1. The Morgan fingerprint density at radius 2 is 2.32 bits per heavy atom. The number of phenolic OH excluding ortho intramolecular Hbond substituents is 1. The van der Waals surface area contributed by atoms with Crippen molar-refractivity contribution in [3.63, 3.8) is 0 Å². The van der Waals surface area contributed by atoms with E-state index < -0.39 is 0 Å². The summed E-state index contributed by atoms with van der Waals surface area (Å²) in [5.74, 6) is 0.598. The summed E-state index contributed by atoms with van der Waals surface area (Å²) in [6, 6.07) is 5.16. The highest BCUT2D eigenvalue weighted by molar-refractivity contribution is 5.80. The van der Waals surface area contributed by atoms with Crippen molar-refractivity contribution in [2.24, 2.45) is 12.0 Å². The predicted octanol–water partition coefficient (Wildman–Crippen LogP) is 1.15. The lowest BCUT2D eigenvalue weighted by Crippen LogP contribution is -2.23. The van der Waals surface area contributed by atoms with Crippen LogP contribution in [0.2, 0.25) is 0 Å². The van der Waals surface area contributed by atoms with Crippen molar-refractivity contribution in [1.29, 1.82) is 0 Å². The van der Waals surface area contributed by atoms with Crippen molar-refractivity contribution in [3.05, 3.63) is 42.5 Å². The molecule has 2 rings (SSSR count). The first-order valence-corrected chi connectivity index (χ1v) is 6.07. The molecule has 1 N–H and O–H groups in total. The minimum absolute atomic E-state index is 0.138. The summed E-state index contributed by atoms with van der Waals surface area (Å²) >= 11 is 0. The summed E-state index contributed by atoms with van der Waals surface area (Å²) in [7, 11) is 3.52. The van der Waals surface area contributed by atoms with Crippen LogP contribution in [0.4, 0.5) is 0 Å². The molecule has 0 spiro atoms. The SMILES string of the molecule is COc1cc(C=NCCn2cc[n+](C)c2)ccc1O. The quantitative estimate of drug-likeness (QED) is 0.647. The molecule has 0 bridgehead atoms. The molecule has 0 unspecified atom stereocenters. The van der Waals surface area contributed by atoms with E-state index in [1.807, 2.05) is 30.3 Å². The predicted molar refractivity (Wildman–Crippen MR) is 72.7 cm³/mol. The van der Waals surface area contributed by atoms with Crippen LogP contribution in [0.15, 0.2) is 41.9 Å². The van der Waals surface area contributed by atoms with Gasteiger partial charge in [-0.3, -0.25) is 4.99 Å². The highest BCUT2D eigenvalue weighted by Crippen LogP contribution is 2.25. The number of nitrogens with zero attached hydrogens (tertiary/aromatic N) is 3. The molecule has 0 saturated carbocycles. The lowest BCUT2D eigenvalue weighted by molar-refractivity contribution is -0.671. The first-order chi connectivity index (χ1) is 9.19. The van der Waals surface area contributed by atoms with Crippen LogP contribution in [0.25, 0.3) is 0 Å². The van der Waals surface area contributed by atoms with Gasteiger partial charge in [0.15, 0.2) is 11.5 Å². The van der Waals surface area contributed by atoms with Crippen molar-refractivity contribution in [1.82, 2.24) is 4.57 Å². The fourth-order valence-electron chi connectivity index (χ4n) is 1.75. The highest BCUT2D eigenvalue weighted by Gasteiger charge is 2.01. The minimum Gasteiger partial charge on any atom is -0.504 e. The minimum atomic E-state index is 0.138. The molecule has 2 aromatic rings. The fraction of sp³-hybridized carbons (Fsp3) is 0.286.